The van der Waals surface area contributed by atoms with E-state index in [4.69, 9.17) is 16.3 Å². The standard InChI is InChI=1S/C31H32F3N5O5S/c32-31(33,34)9-10-39(44-19-20-3-1-5-26(35)11-20)30(41)25-12-24-8-7-23(14-28(24)37-29(36)15-25)22-4-2-6-27(13-22)45(42,43)38-16-21(17-38)18-40/h1-8,11-14,21,40H,9-10,15-19,35H2,(H2,36,37). The summed E-state index contributed by atoms with van der Waals surface area (Å²) in [5.74, 6) is -0.803. The molecule has 14 heteroatoms. The molecule has 2 aliphatic rings. The zero-order chi connectivity index (χ0) is 32.4. The summed E-state index contributed by atoms with van der Waals surface area (Å²) >= 11 is 0. The van der Waals surface area contributed by atoms with Gasteiger partial charge in [0.15, 0.2) is 0 Å². The van der Waals surface area contributed by atoms with E-state index >= 15 is 0 Å². The first kappa shape index (κ1) is 32.2. The van der Waals surface area contributed by atoms with E-state index in [0.29, 0.717) is 38.7 Å². The second-order valence-electron chi connectivity index (χ2n) is 10.9. The van der Waals surface area contributed by atoms with Crippen molar-refractivity contribution in [3.8, 4) is 11.1 Å². The van der Waals surface area contributed by atoms with E-state index in [1.54, 1.807) is 60.7 Å². The second kappa shape index (κ2) is 13.0. The van der Waals surface area contributed by atoms with Gasteiger partial charge in [-0.05, 0) is 53.1 Å². The molecular formula is C31H32F3N5O5S. The van der Waals surface area contributed by atoms with Crippen LogP contribution in [0.5, 0.6) is 0 Å². The average molecular weight is 644 g/mol. The number of amidine groups is 1. The zero-order valence-electron chi connectivity index (χ0n) is 24.1. The Kier molecular flexibility index (Phi) is 9.30. The van der Waals surface area contributed by atoms with Gasteiger partial charge in [-0.2, -0.15) is 17.5 Å². The molecule has 10 nitrogen and oxygen atoms in total. The Hall–Kier alpha value is -4.24. The minimum Gasteiger partial charge on any atom is -0.399 e. The van der Waals surface area contributed by atoms with Crippen LogP contribution in [0.15, 0.2) is 82.2 Å². The van der Waals surface area contributed by atoms with Crippen molar-refractivity contribution in [1.82, 2.24) is 9.37 Å². The summed E-state index contributed by atoms with van der Waals surface area (Å²) in [4.78, 5) is 23.6. The predicted octanol–water partition coefficient (Wildman–Crippen LogP) is 4.24. The van der Waals surface area contributed by atoms with Crippen LogP contribution in [-0.2, 0) is 26.3 Å². The number of nitrogens with zero attached hydrogens (tertiary/aromatic N) is 3. The molecule has 0 spiro atoms. The van der Waals surface area contributed by atoms with Gasteiger partial charge in [-0.1, -0.05) is 36.4 Å². The van der Waals surface area contributed by atoms with Crippen LogP contribution in [0.3, 0.4) is 0 Å². The summed E-state index contributed by atoms with van der Waals surface area (Å²) in [5, 5.41) is 9.94. The topological polar surface area (TPSA) is 152 Å². The van der Waals surface area contributed by atoms with Gasteiger partial charge in [0.05, 0.1) is 23.5 Å². The number of amides is 1. The van der Waals surface area contributed by atoms with Crippen LogP contribution >= 0.6 is 0 Å². The molecule has 45 heavy (non-hydrogen) atoms. The zero-order valence-corrected chi connectivity index (χ0v) is 24.9. The number of hydroxylamine groups is 2. The van der Waals surface area contributed by atoms with Gasteiger partial charge in [0, 0.05) is 48.9 Å². The van der Waals surface area contributed by atoms with Crippen molar-refractivity contribution in [3.63, 3.8) is 0 Å². The second-order valence-corrected chi connectivity index (χ2v) is 12.9. The third kappa shape index (κ3) is 7.71. The Bertz CT molecular complexity index is 1750. The largest absolute Gasteiger partial charge is 0.399 e. The van der Waals surface area contributed by atoms with Crippen molar-refractivity contribution in [3.05, 3.63) is 83.4 Å². The summed E-state index contributed by atoms with van der Waals surface area (Å²) < 4.78 is 66.8. The highest BCUT2D eigenvalue weighted by Crippen LogP contribution is 2.34. The van der Waals surface area contributed by atoms with Crippen LogP contribution in [0, 0.1) is 5.92 Å². The number of anilines is 1. The number of aliphatic hydroxyl groups excluding tert-OH is 1. The Morgan fingerprint density at radius 2 is 1.78 bits per heavy atom. The fraction of sp³-hybridized carbons (Fsp3) is 0.290. The summed E-state index contributed by atoms with van der Waals surface area (Å²) in [6.45, 7) is -0.484. The highest BCUT2D eigenvalue weighted by Gasteiger charge is 2.36. The fourth-order valence-electron chi connectivity index (χ4n) is 4.98. The Morgan fingerprint density at radius 1 is 1.04 bits per heavy atom. The number of aliphatic imine (C=N–C) groups is 1. The van der Waals surface area contributed by atoms with Crippen LogP contribution in [0.4, 0.5) is 24.5 Å². The summed E-state index contributed by atoms with van der Waals surface area (Å²) in [6.07, 6.45) is -4.42. The molecule has 1 saturated heterocycles. The quantitative estimate of drug-likeness (QED) is 0.221. The van der Waals surface area contributed by atoms with Crippen molar-refractivity contribution in [1.29, 1.82) is 0 Å². The SMILES string of the molecule is NC1=Nc2cc(-c3cccc(S(=O)(=O)N4CC(CO)C4)c3)ccc2C=C(C(=O)N(CCC(F)(F)F)OCc2cccc(N)c2)C1. The number of carbonyl (C=O) groups excluding carboxylic acids is 1. The minimum atomic E-state index is -4.52. The van der Waals surface area contributed by atoms with E-state index < -0.39 is 35.1 Å². The Labute approximate surface area is 258 Å². The number of nitrogen functional groups attached to an aromatic ring is 1. The van der Waals surface area contributed by atoms with Gasteiger partial charge in [0.1, 0.15) is 12.4 Å². The maximum absolute atomic E-state index is 13.5. The van der Waals surface area contributed by atoms with Crippen molar-refractivity contribution < 1.29 is 36.3 Å². The van der Waals surface area contributed by atoms with Gasteiger partial charge in [0.25, 0.3) is 5.91 Å². The highest BCUT2D eigenvalue weighted by molar-refractivity contribution is 7.89. The number of fused-ring (bicyclic) bond motifs is 1. The number of aliphatic hydroxyl groups is 1. The number of alkyl halides is 3. The lowest BCUT2D eigenvalue weighted by atomic mass is 10.0. The lowest BCUT2D eigenvalue weighted by Crippen LogP contribution is -2.51. The van der Waals surface area contributed by atoms with Crippen molar-refractivity contribution >= 4 is 39.2 Å². The molecule has 5 N–H and O–H groups in total. The number of benzene rings is 3. The molecule has 0 aliphatic carbocycles. The molecule has 0 unspecified atom stereocenters. The van der Waals surface area contributed by atoms with Crippen LogP contribution in [-0.4, -0.2) is 67.1 Å². The smallest absolute Gasteiger partial charge is 0.390 e. The number of sulfonamides is 1. The van der Waals surface area contributed by atoms with Crippen molar-refractivity contribution in [2.75, 3.05) is 32.0 Å². The summed E-state index contributed by atoms with van der Waals surface area (Å²) in [5.41, 5.74) is 15.2. The third-order valence-corrected chi connectivity index (χ3v) is 9.25. The van der Waals surface area contributed by atoms with Crippen molar-refractivity contribution in [2.24, 2.45) is 16.6 Å². The number of halogens is 3. The highest BCUT2D eigenvalue weighted by atomic mass is 32.2. The lowest BCUT2D eigenvalue weighted by molar-refractivity contribution is -0.201. The minimum absolute atomic E-state index is 0.0599. The first-order chi connectivity index (χ1) is 21.3. The molecule has 238 valence electrons. The molecule has 5 rings (SSSR count). The third-order valence-electron chi connectivity index (χ3n) is 7.42. The molecule has 1 fully saturated rings. The van der Waals surface area contributed by atoms with Gasteiger partial charge in [-0.25, -0.2) is 18.5 Å². The van der Waals surface area contributed by atoms with Crippen LogP contribution < -0.4 is 11.5 Å². The van der Waals surface area contributed by atoms with Gasteiger partial charge in [-0.15, -0.1) is 0 Å². The van der Waals surface area contributed by atoms with Crippen LogP contribution in [0.2, 0.25) is 0 Å². The molecule has 0 bridgehead atoms. The molecule has 1 amide bonds. The van der Waals surface area contributed by atoms with Crippen LogP contribution in [0.25, 0.3) is 17.2 Å². The first-order valence-electron chi connectivity index (χ1n) is 14.1. The van der Waals surface area contributed by atoms with E-state index in [9.17, 15) is 31.5 Å². The monoisotopic (exact) mass is 643 g/mol. The molecule has 2 heterocycles. The molecule has 2 aliphatic heterocycles. The van der Waals surface area contributed by atoms with Gasteiger partial charge in [-0.3, -0.25) is 9.63 Å². The molecule has 0 radical (unpaired) electrons. The number of nitrogens with two attached hydrogens (primary N) is 2. The summed E-state index contributed by atoms with van der Waals surface area (Å²) in [7, 11) is -3.74. The lowest BCUT2D eigenvalue weighted by Gasteiger charge is -2.36. The van der Waals surface area contributed by atoms with Crippen molar-refractivity contribution in [2.45, 2.75) is 30.5 Å². The van der Waals surface area contributed by atoms with E-state index in [0.717, 1.165) is 0 Å². The summed E-state index contributed by atoms with van der Waals surface area (Å²) in [6, 6.07) is 18.1. The van der Waals surface area contributed by atoms with E-state index in [-0.39, 0.29) is 54.9 Å². The molecule has 0 aromatic heterocycles. The van der Waals surface area contributed by atoms with Gasteiger partial charge < -0.3 is 16.6 Å². The number of rotatable bonds is 10. The number of carbonyl (C=O) groups is 1. The van der Waals surface area contributed by atoms with Gasteiger partial charge in [0.2, 0.25) is 10.0 Å². The maximum Gasteiger partial charge on any atom is 0.390 e. The number of hydrogen-bond donors (Lipinski definition) is 3. The molecule has 3 aromatic rings. The Morgan fingerprint density at radius 3 is 2.49 bits per heavy atom. The van der Waals surface area contributed by atoms with Crippen LogP contribution in [0.1, 0.15) is 24.0 Å². The first-order valence-corrected chi connectivity index (χ1v) is 15.5. The average Bonchev–Trinajstić information content (AvgIpc) is 3.13. The van der Waals surface area contributed by atoms with E-state index in [1.165, 1.54) is 16.4 Å². The number of hydrogen-bond acceptors (Lipinski definition) is 8. The van der Waals surface area contributed by atoms with E-state index in [1.807, 2.05) is 0 Å². The van der Waals surface area contributed by atoms with E-state index in [2.05, 4.69) is 4.99 Å². The molecule has 0 saturated carbocycles. The predicted molar refractivity (Wildman–Crippen MR) is 163 cm³/mol. The molecule has 0 atom stereocenters. The fourth-order valence-corrected chi connectivity index (χ4v) is 6.61. The van der Waals surface area contributed by atoms with Gasteiger partial charge >= 0.3 is 6.18 Å². The molecular weight excluding hydrogens is 611 g/mol. The normalized spacial score (nSPS) is 15.8. The molecule has 3 aromatic carbocycles. The maximum atomic E-state index is 13.5. The Balaban J connectivity index is 1.40.